The molecule has 1 atom stereocenters. The molecule has 0 aromatic heterocycles. The Bertz CT molecular complexity index is 538. The molecular weight excluding hydrogens is 355 g/mol. The molecule has 2 fully saturated rings. The van der Waals surface area contributed by atoms with Crippen LogP contribution in [0.1, 0.15) is 36.0 Å². The number of Topliss-reactive ketones (excluding diaryl/α,β-unsaturated/α-hetero) is 1. The highest BCUT2D eigenvalue weighted by Crippen LogP contribution is 2.40. The first-order valence-corrected chi connectivity index (χ1v) is 9.25. The third kappa shape index (κ3) is 3.35. The Balaban J connectivity index is 1.76. The number of hydrogen-bond donors (Lipinski definition) is 0. The van der Waals surface area contributed by atoms with Crippen LogP contribution < -0.4 is 0 Å². The highest BCUT2D eigenvalue weighted by Gasteiger charge is 2.41. The number of thioether (sulfide) groups is 1. The van der Waals surface area contributed by atoms with Gasteiger partial charge in [0, 0.05) is 18.1 Å². The molecule has 0 saturated carbocycles. The van der Waals surface area contributed by atoms with Crippen LogP contribution in [0, 0.1) is 11.7 Å². The van der Waals surface area contributed by atoms with E-state index in [9.17, 15) is 9.18 Å². The van der Waals surface area contributed by atoms with Gasteiger partial charge in [0.05, 0.1) is 10.1 Å². The van der Waals surface area contributed by atoms with E-state index in [4.69, 9.17) is 4.74 Å². The number of benzene rings is 1. The van der Waals surface area contributed by atoms with Gasteiger partial charge in [-0.25, -0.2) is 4.39 Å². The van der Waals surface area contributed by atoms with E-state index in [-0.39, 0.29) is 23.1 Å². The third-order valence-corrected chi connectivity index (χ3v) is 6.07. The maximum Gasteiger partial charge on any atom is 0.166 e. The summed E-state index contributed by atoms with van der Waals surface area (Å²) in [5, 5.41) is 0. The van der Waals surface area contributed by atoms with E-state index in [1.54, 1.807) is 12.1 Å². The molecule has 2 heterocycles. The molecule has 114 valence electrons. The number of rotatable bonds is 2. The lowest BCUT2D eigenvalue weighted by atomic mass is 9.79. The van der Waals surface area contributed by atoms with Crippen LogP contribution in [0.25, 0.3) is 0 Å². The van der Waals surface area contributed by atoms with E-state index >= 15 is 0 Å². The van der Waals surface area contributed by atoms with Gasteiger partial charge < -0.3 is 4.74 Å². The van der Waals surface area contributed by atoms with Crippen molar-refractivity contribution in [1.29, 1.82) is 0 Å². The molecule has 1 aromatic rings. The number of carbonyl (C=O) groups is 1. The lowest BCUT2D eigenvalue weighted by Crippen LogP contribution is -2.44. The molecule has 0 bridgehead atoms. The first kappa shape index (κ1) is 15.5. The van der Waals surface area contributed by atoms with Crippen LogP contribution in [0.3, 0.4) is 0 Å². The van der Waals surface area contributed by atoms with Gasteiger partial charge in [0.1, 0.15) is 5.82 Å². The van der Waals surface area contributed by atoms with Crippen molar-refractivity contribution in [3.05, 3.63) is 34.1 Å². The van der Waals surface area contributed by atoms with Crippen molar-refractivity contribution in [2.24, 2.45) is 5.92 Å². The van der Waals surface area contributed by atoms with Crippen molar-refractivity contribution in [2.45, 2.75) is 31.3 Å². The summed E-state index contributed by atoms with van der Waals surface area (Å²) in [5.41, 5.74) is 0.497. The zero-order valence-electron chi connectivity index (χ0n) is 11.7. The fraction of sp³-hybridized carbons (Fsp3) is 0.562. The summed E-state index contributed by atoms with van der Waals surface area (Å²) in [6.07, 6.45) is 3.65. The van der Waals surface area contributed by atoms with Gasteiger partial charge in [0.2, 0.25) is 0 Å². The zero-order chi connectivity index (χ0) is 14.9. The van der Waals surface area contributed by atoms with Crippen LogP contribution in [0.2, 0.25) is 0 Å². The van der Waals surface area contributed by atoms with Gasteiger partial charge in [-0.1, -0.05) is 0 Å². The van der Waals surface area contributed by atoms with Crippen LogP contribution in [-0.2, 0) is 4.74 Å². The van der Waals surface area contributed by atoms with Crippen LogP contribution in [-0.4, -0.2) is 29.5 Å². The Morgan fingerprint density at radius 2 is 2.14 bits per heavy atom. The summed E-state index contributed by atoms with van der Waals surface area (Å²) in [6, 6.07) is 4.53. The maximum absolute atomic E-state index is 13.3. The van der Waals surface area contributed by atoms with Gasteiger partial charge in [0.25, 0.3) is 0 Å². The lowest BCUT2D eigenvalue weighted by molar-refractivity contribution is -0.0959. The standard InChI is InChI=1S/C16H18BrFO2S/c17-13-9-11(1-2-14(13)18)15(19)12-3-6-20-16(10-12)4-7-21-8-5-16/h1-2,9,12H,3-8,10H2. The first-order chi connectivity index (χ1) is 10.1. The van der Waals surface area contributed by atoms with E-state index in [0.29, 0.717) is 16.6 Å². The Hall–Kier alpha value is -0.390. The highest BCUT2D eigenvalue weighted by molar-refractivity contribution is 9.10. The molecule has 1 spiro atoms. The van der Waals surface area contributed by atoms with Crippen molar-refractivity contribution in [3.8, 4) is 0 Å². The number of halogens is 2. The fourth-order valence-corrected chi connectivity index (χ4v) is 4.84. The van der Waals surface area contributed by atoms with Gasteiger partial charge in [-0.15, -0.1) is 0 Å². The monoisotopic (exact) mass is 372 g/mol. The number of ether oxygens (including phenoxy) is 1. The SMILES string of the molecule is O=C(c1ccc(F)c(Br)c1)C1CCOC2(CCSCC2)C1. The van der Waals surface area contributed by atoms with Crippen LogP contribution >= 0.6 is 27.7 Å². The van der Waals surface area contributed by atoms with Gasteiger partial charge in [-0.05, 0) is 71.3 Å². The second-order valence-corrected chi connectivity index (χ2v) is 7.91. The number of hydrogen-bond acceptors (Lipinski definition) is 3. The van der Waals surface area contributed by atoms with Crippen molar-refractivity contribution < 1.29 is 13.9 Å². The predicted octanol–water partition coefficient (Wildman–Crippen LogP) is 4.46. The molecular formula is C16H18BrFO2S. The highest BCUT2D eigenvalue weighted by atomic mass is 79.9. The lowest BCUT2D eigenvalue weighted by Gasteiger charge is -2.42. The summed E-state index contributed by atoms with van der Waals surface area (Å²) in [4.78, 5) is 12.7. The van der Waals surface area contributed by atoms with Crippen LogP contribution in [0.15, 0.2) is 22.7 Å². The van der Waals surface area contributed by atoms with Gasteiger partial charge >= 0.3 is 0 Å². The fourth-order valence-electron chi connectivity index (χ4n) is 3.23. The molecule has 2 aliphatic rings. The normalized spacial score (nSPS) is 25.0. The summed E-state index contributed by atoms with van der Waals surface area (Å²) in [5.74, 6) is 2.02. The summed E-state index contributed by atoms with van der Waals surface area (Å²) in [7, 11) is 0. The Morgan fingerprint density at radius 1 is 1.38 bits per heavy atom. The Morgan fingerprint density at radius 3 is 2.86 bits per heavy atom. The molecule has 0 aliphatic carbocycles. The van der Waals surface area contributed by atoms with Crippen molar-refractivity contribution in [1.82, 2.24) is 0 Å². The predicted molar refractivity (Wildman–Crippen MR) is 86.4 cm³/mol. The number of carbonyl (C=O) groups excluding carboxylic acids is 1. The first-order valence-electron chi connectivity index (χ1n) is 7.31. The second kappa shape index (κ2) is 6.39. The van der Waals surface area contributed by atoms with Gasteiger partial charge in [-0.2, -0.15) is 11.8 Å². The second-order valence-electron chi connectivity index (χ2n) is 5.83. The molecule has 2 nitrogen and oxygen atoms in total. The van der Waals surface area contributed by atoms with E-state index in [1.165, 1.54) is 6.07 Å². The average molecular weight is 373 g/mol. The van der Waals surface area contributed by atoms with E-state index < -0.39 is 0 Å². The van der Waals surface area contributed by atoms with E-state index in [0.717, 1.165) is 37.2 Å². The average Bonchev–Trinajstić information content (AvgIpc) is 2.50. The zero-order valence-corrected chi connectivity index (χ0v) is 14.1. The van der Waals surface area contributed by atoms with Crippen LogP contribution in [0.4, 0.5) is 4.39 Å². The largest absolute Gasteiger partial charge is 0.375 e. The number of ketones is 1. The molecule has 3 rings (SSSR count). The minimum Gasteiger partial charge on any atom is -0.375 e. The molecule has 2 aliphatic heterocycles. The van der Waals surface area contributed by atoms with Gasteiger partial charge in [0.15, 0.2) is 5.78 Å². The Kier molecular flexibility index (Phi) is 4.71. The molecule has 0 N–H and O–H groups in total. The van der Waals surface area contributed by atoms with E-state index in [2.05, 4.69) is 15.9 Å². The van der Waals surface area contributed by atoms with Crippen molar-refractivity contribution >= 4 is 33.5 Å². The molecule has 1 aromatic carbocycles. The molecule has 0 amide bonds. The van der Waals surface area contributed by atoms with Crippen molar-refractivity contribution in [2.75, 3.05) is 18.1 Å². The topological polar surface area (TPSA) is 26.3 Å². The quantitative estimate of drug-likeness (QED) is 0.716. The Labute approximate surface area is 137 Å². The van der Waals surface area contributed by atoms with Gasteiger partial charge in [-0.3, -0.25) is 4.79 Å². The molecule has 2 saturated heterocycles. The van der Waals surface area contributed by atoms with Crippen molar-refractivity contribution in [3.63, 3.8) is 0 Å². The van der Waals surface area contributed by atoms with Crippen LogP contribution in [0.5, 0.6) is 0 Å². The minimum atomic E-state index is -0.334. The molecule has 21 heavy (non-hydrogen) atoms. The maximum atomic E-state index is 13.3. The molecule has 5 heteroatoms. The van der Waals surface area contributed by atoms with E-state index in [1.807, 2.05) is 11.8 Å². The molecule has 1 unspecified atom stereocenters. The molecule has 0 radical (unpaired) electrons. The minimum absolute atomic E-state index is 0.000730. The summed E-state index contributed by atoms with van der Waals surface area (Å²) in [6.45, 7) is 0.656. The summed E-state index contributed by atoms with van der Waals surface area (Å²) >= 11 is 5.11. The smallest absolute Gasteiger partial charge is 0.166 e. The summed E-state index contributed by atoms with van der Waals surface area (Å²) < 4.78 is 19.7. The third-order valence-electron chi connectivity index (χ3n) is 4.47.